The van der Waals surface area contributed by atoms with E-state index >= 15 is 0 Å². The summed E-state index contributed by atoms with van der Waals surface area (Å²) < 4.78 is 15.9. The summed E-state index contributed by atoms with van der Waals surface area (Å²) in [6.45, 7) is 0.638. The van der Waals surface area contributed by atoms with Crippen LogP contribution in [0.25, 0.3) is 0 Å². The Morgan fingerprint density at radius 1 is 1.19 bits per heavy atom. The highest BCUT2D eigenvalue weighted by Gasteiger charge is 2.08. The first-order chi connectivity index (χ1) is 13.0. The van der Waals surface area contributed by atoms with Gasteiger partial charge in [-0.15, -0.1) is 0 Å². The molecule has 0 atom stereocenters. The molecule has 8 heteroatoms. The number of nitrogens with zero attached hydrogens (tertiary/aromatic N) is 2. The molecule has 0 aliphatic heterocycles. The maximum absolute atomic E-state index is 11.9. The van der Waals surface area contributed by atoms with Crippen molar-refractivity contribution in [1.29, 1.82) is 0 Å². The van der Waals surface area contributed by atoms with E-state index in [2.05, 4.69) is 15.6 Å². The van der Waals surface area contributed by atoms with Crippen molar-refractivity contribution in [2.24, 2.45) is 4.99 Å². The fourth-order valence-corrected chi connectivity index (χ4v) is 2.24. The zero-order valence-electron chi connectivity index (χ0n) is 16.1. The number of nitrogens with one attached hydrogen (secondary N) is 2. The van der Waals surface area contributed by atoms with Crippen LogP contribution in [0.15, 0.2) is 46.0 Å². The molecule has 0 bridgehead atoms. The predicted molar refractivity (Wildman–Crippen MR) is 105 cm³/mol. The summed E-state index contributed by atoms with van der Waals surface area (Å²) in [5.41, 5.74) is 0.759. The van der Waals surface area contributed by atoms with Crippen molar-refractivity contribution in [2.75, 3.05) is 46.7 Å². The molecule has 0 spiro atoms. The number of amides is 1. The van der Waals surface area contributed by atoms with Crippen molar-refractivity contribution >= 4 is 17.6 Å². The number of benzene rings is 1. The van der Waals surface area contributed by atoms with E-state index in [1.807, 2.05) is 18.2 Å². The molecule has 1 aromatic carbocycles. The number of furan rings is 1. The molecule has 0 saturated carbocycles. The van der Waals surface area contributed by atoms with Crippen LogP contribution in [0, 0.1) is 0 Å². The highest BCUT2D eigenvalue weighted by Crippen LogP contribution is 2.29. The number of hydrogen-bond acceptors (Lipinski definition) is 5. The van der Waals surface area contributed by atoms with Gasteiger partial charge in [0.2, 0.25) is 5.91 Å². The van der Waals surface area contributed by atoms with Crippen molar-refractivity contribution in [3.8, 4) is 11.5 Å². The van der Waals surface area contributed by atoms with Crippen LogP contribution in [0.1, 0.15) is 5.76 Å². The molecule has 1 amide bonds. The van der Waals surface area contributed by atoms with Gasteiger partial charge < -0.3 is 29.4 Å². The second-order valence-electron chi connectivity index (χ2n) is 5.90. The average molecular weight is 374 g/mol. The van der Waals surface area contributed by atoms with E-state index in [0.717, 1.165) is 11.4 Å². The normalized spacial score (nSPS) is 11.0. The van der Waals surface area contributed by atoms with Crippen LogP contribution in [0.4, 0.5) is 5.69 Å². The molecule has 0 aliphatic carbocycles. The fourth-order valence-electron chi connectivity index (χ4n) is 2.24. The number of ether oxygens (including phenoxy) is 2. The fraction of sp³-hybridized carbons (Fsp3) is 0.368. The van der Waals surface area contributed by atoms with Gasteiger partial charge in [-0.3, -0.25) is 4.79 Å². The molecule has 1 heterocycles. The molecule has 0 fully saturated rings. The Bertz CT molecular complexity index is 757. The number of carbonyl (C=O) groups excluding carboxylic acids is 1. The monoisotopic (exact) mass is 374 g/mol. The minimum absolute atomic E-state index is 0.0381. The summed E-state index contributed by atoms with van der Waals surface area (Å²) in [5.74, 6) is 2.51. The lowest BCUT2D eigenvalue weighted by Gasteiger charge is -2.15. The predicted octanol–water partition coefficient (Wildman–Crippen LogP) is 1.99. The summed E-state index contributed by atoms with van der Waals surface area (Å²) >= 11 is 0. The Kier molecular flexibility index (Phi) is 7.54. The summed E-state index contributed by atoms with van der Waals surface area (Å²) in [7, 11) is 6.56. The van der Waals surface area contributed by atoms with Gasteiger partial charge in [-0.25, -0.2) is 4.99 Å². The lowest BCUT2D eigenvalue weighted by atomic mass is 10.2. The summed E-state index contributed by atoms with van der Waals surface area (Å²) in [6.07, 6.45) is 2.34. The number of rotatable bonds is 8. The number of methoxy groups -OCH3 is 2. The molecule has 0 saturated heterocycles. The molecule has 2 N–H and O–H groups in total. The van der Waals surface area contributed by atoms with E-state index in [0.29, 0.717) is 30.4 Å². The first kappa shape index (κ1) is 20.2. The highest BCUT2D eigenvalue weighted by atomic mass is 16.5. The van der Waals surface area contributed by atoms with Gasteiger partial charge in [0.25, 0.3) is 0 Å². The van der Waals surface area contributed by atoms with Crippen LogP contribution in [0.2, 0.25) is 0 Å². The highest BCUT2D eigenvalue weighted by molar-refractivity contribution is 5.95. The summed E-state index contributed by atoms with van der Waals surface area (Å²) in [4.78, 5) is 17.7. The van der Waals surface area contributed by atoms with Crippen LogP contribution in [-0.4, -0.2) is 58.2 Å². The summed E-state index contributed by atoms with van der Waals surface area (Å²) in [6, 6.07) is 9.21. The average Bonchev–Trinajstić information content (AvgIpc) is 3.18. The van der Waals surface area contributed by atoms with E-state index in [1.54, 1.807) is 46.7 Å². The van der Waals surface area contributed by atoms with Crippen LogP contribution in [-0.2, 0) is 11.2 Å². The Labute approximate surface area is 159 Å². The Morgan fingerprint density at radius 3 is 2.59 bits per heavy atom. The lowest BCUT2D eigenvalue weighted by Crippen LogP contribution is -2.34. The maximum atomic E-state index is 11.9. The zero-order chi connectivity index (χ0) is 19.6. The van der Waals surface area contributed by atoms with Crippen molar-refractivity contribution in [3.05, 3.63) is 42.4 Å². The summed E-state index contributed by atoms with van der Waals surface area (Å²) in [5, 5.41) is 6.38. The second kappa shape index (κ2) is 10.1. The zero-order valence-corrected chi connectivity index (χ0v) is 16.1. The number of aliphatic imine (C=N–C) groups is 1. The number of hydrogen-bond donors (Lipinski definition) is 2. The molecule has 27 heavy (non-hydrogen) atoms. The molecule has 0 unspecified atom stereocenters. The van der Waals surface area contributed by atoms with Gasteiger partial charge >= 0.3 is 0 Å². The molecule has 146 valence electrons. The maximum Gasteiger partial charge on any atom is 0.243 e. The molecular formula is C19H26N4O4. The van der Waals surface area contributed by atoms with Gasteiger partial charge in [-0.1, -0.05) is 0 Å². The van der Waals surface area contributed by atoms with E-state index in [4.69, 9.17) is 13.9 Å². The Hall–Kier alpha value is -3.16. The second-order valence-corrected chi connectivity index (χ2v) is 5.90. The van der Waals surface area contributed by atoms with Crippen molar-refractivity contribution in [3.63, 3.8) is 0 Å². The van der Waals surface area contributed by atoms with Crippen LogP contribution < -0.4 is 20.1 Å². The first-order valence-electron chi connectivity index (χ1n) is 8.53. The van der Waals surface area contributed by atoms with Gasteiger partial charge in [0.15, 0.2) is 17.5 Å². The standard InChI is InChI=1S/C19H26N4O4/c1-23(2)18(24)13-21-19(20-10-9-15-6-5-11-27-15)22-14-7-8-16(25-3)17(12-14)26-4/h5-8,11-12H,9-10,13H2,1-4H3,(H2,20,21,22). The van der Waals surface area contributed by atoms with E-state index < -0.39 is 0 Å². The molecular weight excluding hydrogens is 348 g/mol. The molecule has 2 aromatic rings. The molecule has 0 radical (unpaired) electrons. The molecule has 8 nitrogen and oxygen atoms in total. The lowest BCUT2D eigenvalue weighted by molar-refractivity contribution is -0.127. The van der Waals surface area contributed by atoms with Crippen molar-refractivity contribution in [1.82, 2.24) is 10.2 Å². The van der Waals surface area contributed by atoms with E-state index in [1.165, 1.54) is 4.90 Å². The van der Waals surface area contributed by atoms with Crippen molar-refractivity contribution in [2.45, 2.75) is 6.42 Å². The van der Waals surface area contributed by atoms with Gasteiger partial charge in [0.1, 0.15) is 12.3 Å². The smallest absolute Gasteiger partial charge is 0.243 e. The first-order valence-corrected chi connectivity index (χ1v) is 8.53. The van der Waals surface area contributed by atoms with E-state index in [-0.39, 0.29) is 12.5 Å². The van der Waals surface area contributed by atoms with Crippen LogP contribution >= 0.6 is 0 Å². The van der Waals surface area contributed by atoms with E-state index in [9.17, 15) is 4.79 Å². The third kappa shape index (κ3) is 6.25. The van der Waals surface area contributed by atoms with Gasteiger partial charge in [0.05, 0.1) is 20.5 Å². The minimum Gasteiger partial charge on any atom is -0.493 e. The SMILES string of the molecule is COc1ccc(NC(=NCC(=O)N(C)C)NCCc2ccco2)cc1OC. The van der Waals surface area contributed by atoms with Crippen LogP contribution in [0.5, 0.6) is 11.5 Å². The van der Waals surface area contributed by atoms with Gasteiger partial charge in [-0.2, -0.15) is 0 Å². The minimum atomic E-state index is -0.0885. The third-order valence-electron chi connectivity index (χ3n) is 3.76. The molecule has 0 aliphatic rings. The van der Waals surface area contributed by atoms with Gasteiger partial charge in [0, 0.05) is 38.8 Å². The number of anilines is 1. The third-order valence-corrected chi connectivity index (χ3v) is 3.76. The Balaban J connectivity index is 2.08. The largest absolute Gasteiger partial charge is 0.493 e. The van der Waals surface area contributed by atoms with Crippen molar-refractivity contribution < 1.29 is 18.7 Å². The van der Waals surface area contributed by atoms with Gasteiger partial charge in [-0.05, 0) is 24.3 Å². The topological polar surface area (TPSA) is 88.3 Å². The number of carbonyl (C=O) groups is 1. The molecule has 1 aromatic heterocycles. The number of likely N-dealkylation sites (N-methyl/N-ethyl adjacent to an activating group) is 1. The van der Waals surface area contributed by atoms with Crippen LogP contribution in [0.3, 0.4) is 0 Å². The Morgan fingerprint density at radius 2 is 1.96 bits per heavy atom. The number of guanidine groups is 1. The molecule has 2 rings (SSSR count). The quantitative estimate of drug-likeness (QED) is 0.543.